The molecule has 0 fully saturated rings. The van der Waals surface area contributed by atoms with E-state index in [1.807, 2.05) is 30.3 Å². The zero-order valence-corrected chi connectivity index (χ0v) is 24.0. The van der Waals surface area contributed by atoms with Gasteiger partial charge in [-0.1, -0.05) is 49.1 Å². The summed E-state index contributed by atoms with van der Waals surface area (Å²) < 4.78 is 76.6. The van der Waals surface area contributed by atoms with E-state index in [1.165, 1.54) is 41.7 Å². The number of aliphatic hydroxyl groups excluding tert-OH is 1. The van der Waals surface area contributed by atoms with E-state index in [2.05, 4.69) is 11.8 Å². The third-order valence-electron chi connectivity index (χ3n) is 6.75. The van der Waals surface area contributed by atoms with Gasteiger partial charge in [0.05, 0.1) is 13.2 Å². The number of benzene rings is 3. The molecule has 1 aliphatic rings. The van der Waals surface area contributed by atoms with Crippen LogP contribution in [0.3, 0.4) is 0 Å². The van der Waals surface area contributed by atoms with Gasteiger partial charge in [0.25, 0.3) is 0 Å². The average molecular weight is 587 g/mol. The minimum absolute atomic E-state index is 0.0169. The van der Waals surface area contributed by atoms with Crippen molar-refractivity contribution in [3.8, 4) is 17.6 Å². The highest BCUT2D eigenvalue weighted by Gasteiger charge is 2.39. The standard InChI is InChI=1S/C29H31FN2O6S2/c1-21-18-32(22(2)20-33)40(36,37)29-16-15-24(14-13-23-9-5-4-6-10-23)17-26(29)38-27(21)19-31(3)39(34,35)28-12-8-7-11-25(28)30/h4-12,15-17,21-22,27,33H,18-20H2,1-3H3/t21-,22-,27+/m0/s1. The molecule has 212 valence electrons. The summed E-state index contributed by atoms with van der Waals surface area (Å²) in [6.45, 7) is 2.71. The predicted octanol–water partition coefficient (Wildman–Crippen LogP) is 3.31. The van der Waals surface area contributed by atoms with Gasteiger partial charge >= 0.3 is 0 Å². The second-order valence-corrected chi connectivity index (χ2v) is 13.6. The highest BCUT2D eigenvalue weighted by atomic mass is 32.2. The average Bonchev–Trinajstić information content (AvgIpc) is 2.93. The number of ether oxygens (including phenoxy) is 1. The quantitative estimate of drug-likeness (QED) is 0.445. The van der Waals surface area contributed by atoms with E-state index in [-0.39, 0.29) is 23.7 Å². The monoisotopic (exact) mass is 586 g/mol. The summed E-state index contributed by atoms with van der Waals surface area (Å²) in [6.07, 6.45) is -0.813. The van der Waals surface area contributed by atoms with Crippen LogP contribution >= 0.6 is 0 Å². The van der Waals surface area contributed by atoms with Crippen LogP contribution in [0.2, 0.25) is 0 Å². The van der Waals surface area contributed by atoms with Gasteiger partial charge in [-0.2, -0.15) is 8.61 Å². The maximum Gasteiger partial charge on any atom is 0.247 e. The number of aliphatic hydroxyl groups is 1. The van der Waals surface area contributed by atoms with Crippen molar-refractivity contribution in [2.45, 2.75) is 35.8 Å². The van der Waals surface area contributed by atoms with Crippen LogP contribution in [-0.2, 0) is 20.0 Å². The summed E-state index contributed by atoms with van der Waals surface area (Å²) in [4.78, 5) is -0.581. The molecule has 1 heterocycles. The Morgan fingerprint density at radius 3 is 2.40 bits per heavy atom. The first-order chi connectivity index (χ1) is 18.9. The molecule has 0 saturated heterocycles. The summed E-state index contributed by atoms with van der Waals surface area (Å²) >= 11 is 0. The second kappa shape index (κ2) is 12.1. The van der Waals surface area contributed by atoms with Crippen LogP contribution in [0.15, 0.2) is 82.6 Å². The number of nitrogens with zero attached hydrogens (tertiary/aromatic N) is 2. The number of sulfonamides is 2. The molecule has 0 unspecified atom stereocenters. The fourth-order valence-corrected chi connectivity index (χ4v) is 7.43. The lowest BCUT2D eigenvalue weighted by Crippen LogP contribution is -2.50. The summed E-state index contributed by atoms with van der Waals surface area (Å²) in [5.41, 5.74) is 1.27. The van der Waals surface area contributed by atoms with Gasteiger partial charge in [-0.15, -0.1) is 0 Å². The van der Waals surface area contributed by atoms with Crippen molar-refractivity contribution in [1.29, 1.82) is 0 Å². The van der Waals surface area contributed by atoms with Crippen LogP contribution in [0.1, 0.15) is 25.0 Å². The van der Waals surface area contributed by atoms with Crippen molar-refractivity contribution in [3.63, 3.8) is 0 Å². The Morgan fingerprint density at radius 1 is 1.07 bits per heavy atom. The van der Waals surface area contributed by atoms with E-state index < -0.39 is 55.4 Å². The Morgan fingerprint density at radius 2 is 1.73 bits per heavy atom. The minimum Gasteiger partial charge on any atom is -0.487 e. The number of rotatable bonds is 6. The smallest absolute Gasteiger partial charge is 0.247 e. The number of fused-ring (bicyclic) bond motifs is 1. The molecule has 3 atom stereocenters. The SMILES string of the molecule is C[C@H]1CN([C@@H](C)CO)S(=O)(=O)c2ccc(C#Cc3ccccc3)cc2O[C@@H]1CN(C)S(=O)(=O)c1ccccc1F. The van der Waals surface area contributed by atoms with Gasteiger partial charge in [-0.3, -0.25) is 0 Å². The van der Waals surface area contributed by atoms with Crippen LogP contribution in [0, 0.1) is 23.6 Å². The Balaban J connectivity index is 1.75. The maximum absolute atomic E-state index is 14.4. The first kappa shape index (κ1) is 29.7. The van der Waals surface area contributed by atoms with E-state index in [4.69, 9.17) is 4.74 Å². The third-order valence-corrected chi connectivity index (χ3v) is 10.6. The van der Waals surface area contributed by atoms with Gasteiger partial charge in [-0.05, 0) is 49.4 Å². The van der Waals surface area contributed by atoms with Crippen LogP contribution in [0.25, 0.3) is 0 Å². The molecule has 1 aliphatic heterocycles. The molecular weight excluding hydrogens is 555 g/mol. The summed E-state index contributed by atoms with van der Waals surface area (Å²) in [6, 6.07) is 18.1. The lowest BCUT2D eigenvalue weighted by atomic mass is 10.0. The summed E-state index contributed by atoms with van der Waals surface area (Å²) in [7, 11) is -6.97. The molecule has 0 saturated carbocycles. The van der Waals surface area contributed by atoms with Gasteiger partial charge in [-0.25, -0.2) is 21.2 Å². The second-order valence-electron chi connectivity index (χ2n) is 9.73. The van der Waals surface area contributed by atoms with Crippen LogP contribution in [0.4, 0.5) is 4.39 Å². The summed E-state index contributed by atoms with van der Waals surface area (Å²) in [5.74, 6) is 4.68. The van der Waals surface area contributed by atoms with Crippen LogP contribution in [0.5, 0.6) is 5.75 Å². The van der Waals surface area contributed by atoms with Crippen molar-refractivity contribution in [2.24, 2.45) is 5.92 Å². The van der Waals surface area contributed by atoms with Crippen molar-refractivity contribution in [1.82, 2.24) is 8.61 Å². The third kappa shape index (κ3) is 6.22. The molecule has 0 aromatic heterocycles. The maximum atomic E-state index is 14.4. The number of halogens is 1. The lowest BCUT2D eigenvalue weighted by Gasteiger charge is -2.37. The number of likely N-dealkylation sites (N-methyl/N-ethyl adjacent to an activating group) is 1. The lowest BCUT2D eigenvalue weighted by molar-refractivity contribution is 0.0904. The van der Waals surface area contributed by atoms with Gasteiger partial charge in [0.1, 0.15) is 27.5 Å². The fraction of sp³-hybridized carbons (Fsp3) is 0.310. The van der Waals surface area contributed by atoms with E-state index >= 15 is 0 Å². The first-order valence-corrected chi connectivity index (χ1v) is 15.5. The van der Waals surface area contributed by atoms with Crippen molar-refractivity contribution >= 4 is 20.0 Å². The highest BCUT2D eigenvalue weighted by molar-refractivity contribution is 7.89. The number of hydrogen-bond donors (Lipinski definition) is 1. The largest absolute Gasteiger partial charge is 0.487 e. The minimum atomic E-state index is -4.21. The molecule has 0 radical (unpaired) electrons. The molecule has 0 aliphatic carbocycles. The molecule has 0 amide bonds. The number of hydrogen-bond acceptors (Lipinski definition) is 6. The van der Waals surface area contributed by atoms with Crippen molar-refractivity contribution < 1.29 is 31.1 Å². The zero-order valence-electron chi connectivity index (χ0n) is 22.4. The molecule has 40 heavy (non-hydrogen) atoms. The molecule has 0 spiro atoms. The molecule has 0 bridgehead atoms. The van der Waals surface area contributed by atoms with Gasteiger partial charge < -0.3 is 9.84 Å². The molecule has 1 N–H and O–H groups in total. The van der Waals surface area contributed by atoms with Gasteiger partial charge in [0.15, 0.2) is 0 Å². The molecular formula is C29H31FN2O6S2. The van der Waals surface area contributed by atoms with E-state index in [9.17, 15) is 26.3 Å². The van der Waals surface area contributed by atoms with Crippen molar-refractivity contribution in [2.75, 3.05) is 26.7 Å². The fourth-order valence-electron chi connectivity index (χ4n) is 4.36. The Hall–Kier alpha value is -3.27. The van der Waals surface area contributed by atoms with Gasteiger partial charge in [0.2, 0.25) is 20.0 Å². The van der Waals surface area contributed by atoms with Crippen molar-refractivity contribution in [3.05, 3.63) is 89.7 Å². The van der Waals surface area contributed by atoms with E-state index in [0.29, 0.717) is 5.56 Å². The van der Waals surface area contributed by atoms with Crippen LogP contribution in [-0.4, -0.2) is 69.4 Å². The molecule has 3 aromatic rings. The Bertz CT molecular complexity index is 1640. The molecule has 11 heteroatoms. The first-order valence-electron chi connectivity index (χ1n) is 12.7. The zero-order chi connectivity index (χ0) is 29.1. The van der Waals surface area contributed by atoms with E-state index in [0.717, 1.165) is 15.9 Å². The Labute approximate surface area is 235 Å². The Kier molecular flexibility index (Phi) is 8.97. The van der Waals surface area contributed by atoms with Crippen LogP contribution < -0.4 is 4.74 Å². The highest BCUT2D eigenvalue weighted by Crippen LogP contribution is 2.34. The van der Waals surface area contributed by atoms with E-state index in [1.54, 1.807) is 19.9 Å². The van der Waals surface area contributed by atoms with Gasteiger partial charge in [0, 0.05) is 36.7 Å². The topological polar surface area (TPSA) is 104 Å². The summed E-state index contributed by atoms with van der Waals surface area (Å²) in [5, 5.41) is 9.83. The molecule has 8 nitrogen and oxygen atoms in total. The molecule has 3 aromatic carbocycles. The molecule has 4 rings (SSSR count). The normalized spacial score (nSPS) is 19.9. The predicted molar refractivity (Wildman–Crippen MR) is 149 cm³/mol.